The zero-order valence-electron chi connectivity index (χ0n) is 67.9. The fraction of sp³-hybridized carbons (Fsp3) is 0.688. The highest BCUT2D eigenvalue weighted by molar-refractivity contribution is 6.00. The van der Waals surface area contributed by atoms with Crippen LogP contribution in [0, 0.1) is 23.7 Å². The van der Waals surface area contributed by atoms with Crippen LogP contribution in [0.3, 0.4) is 0 Å². The number of unbranched alkanes of at least 4 members (excludes halogenated alkanes) is 1. The largest absolute Gasteiger partial charge is 0.391 e. The van der Waals surface area contributed by atoms with E-state index in [0.717, 1.165) is 21.8 Å². The van der Waals surface area contributed by atoms with Gasteiger partial charge >= 0.3 is 0 Å². The van der Waals surface area contributed by atoms with Gasteiger partial charge in [-0.25, -0.2) is 0 Å². The van der Waals surface area contributed by atoms with Gasteiger partial charge in [-0.05, 0) is 134 Å². The van der Waals surface area contributed by atoms with E-state index >= 15 is 28.8 Å². The molecule has 2 aromatic rings. The van der Waals surface area contributed by atoms with Gasteiger partial charge in [-0.3, -0.25) is 67.6 Å². The number of rotatable bonds is 22. The molecule has 0 spiro atoms. The Kier molecular flexibility index (Phi) is 37.8. The number of nitrogens with one attached hydrogen (secondary N) is 6. The summed E-state index contributed by atoms with van der Waals surface area (Å²) in [5, 5.41) is 28.5. The van der Waals surface area contributed by atoms with Crippen LogP contribution >= 0.6 is 0 Å². The van der Waals surface area contributed by atoms with Crippen LogP contribution in [0.15, 0.2) is 60.7 Å². The van der Waals surface area contributed by atoms with Crippen molar-refractivity contribution in [2.24, 2.45) is 23.7 Å². The van der Waals surface area contributed by atoms with E-state index in [1.807, 2.05) is 92.6 Å². The normalized spacial score (nSPS) is 24.3. The number of amides is 12. The van der Waals surface area contributed by atoms with Crippen molar-refractivity contribution in [2.45, 2.75) is 252 Å². The second-order valence-corrected chi connectivity index (χ2v) is 32.2. The van der Waals surface area contributed by atoms with Gasteiger partial charge < -0.3 is 70.7 Å². The molecule has 4 rings (SSSR count). The van der Waals surface area contributed by atoms with Gasteiger partial charge in [-0.1, -0.05) is 129 Å². The van der Waals surface area contributed by atoms with Crippen LogP contribution < -0.4 is 31.9 Å². The highest BCUT2D eigenvalue weighted by Gasteiger charge is 2.43. The summed E-state index contributed by atoms with van der Waals surface area (Å²) in [6, 6.07) is 4.37. The van der Waals surface area contributed by atoms with Crippen molar-refractivity contribution >= 4 is 76.7 Å². The van der Waals surface area contributed by atoms with E-state index in [4.69, 9.17) is 4.74 Å². The van der Waals surface area contributed by atoms with Crippen LogP contribution in [0.2, 0.25) is 0 Å². The highest BCUT2D eigenvalue weighted by atomic mass is 16.5. The lowest BCUT2D eigenvalue weighted by Gasteiger charge is -2.36. The smallest absolute Gasteiger partial charge is 0.247 e. The van der Waals surface area contributed by atoms with Crippen molar-refractivity contribution in [2.75, 3.05) is 81.2 Å². The lowest BCUT2D eigenvalue weighted by Crippen LogP contribution is -2.61. The van der Waals surface area contributed by atoms with E-state index in [0.29, 0.717) is 44.3 Å². The Bertz CT molecular complexity index is 3300. The SMILES string of the molecule is CCCCN1CC(=O)N(C)[C@@H](CC(C)C)C(=O)N[C@@H](COCC(=O)NC(C)(C)C)C(=O)N(C)[C@@H](CCc2ccccc2)C(=O)N(C)[C@@H](C)C(=O)N[C@H](C(=O)N2CCCCC2)CC(=O)N[C@H](CC(C)C)C(=O)N(C)[C@@H](CC(C)C)C(=O)N[C@@H](Cc2ccccc2)C(=O)N(C)[C@@H](CC(C)C)C(=O)CN[C@@H]([C@@H](C)O)C1=O. The Morgan fingerprint density at radius 2 is 1.07 bits per heavy atom. The van der Waals surface area contributed by atoms with E-state index in [1.165, 1.54) is 68.7 Å². The van der Waals surface area contributed by atoms with E-state index in [-0.39, 0.29) is 75.2 Å². The van der Waals surface area contributed by atoms with Crippen molar-refractivity contribution in [1.29, 1.82) is 0 Å². The first-order valence-corrected chi connectivity index (χ1v) is 38.7. The number of hydrogen-bond donors (Lipinski definition) is 7. The molecule has 0 saturated carbocycles. The molecular formula is C80H129N13O15. The van der Waals surface area contributed by atoms with Gasteiger partial charge in [0.15, 0.2) is 5.78 Å². The van der Waals surface area contributed by atoms with E-state index in [1.54, 1.807) is 56.0 Å². The quantitative estimate of drug-likeness (QED) is 0.0875. The molecule has 11 atom stereocenters. The van der Waals surface area contributed by atoms with Crippen molar-refractivity contribution < 1.29 is 72.2 Å². The average molecular weight is 1510 g/mol. The lowest BCUT2D eigenvalue weighted by atomic mass is 9.96. The number of likely N-dealkylation sites (tertiary alicyclic amines) is 1. The number of nitrogens with zero attached hydrogens (tertiary/aromatic N) is 7. The number of hydrogen-bond acceptors (Lipinski definition) is 16. The third kappa shape index (κ3) is 29.2. The number of carbonyl (C=O) groups is 13. The van der Waals surface area contributed by atoms with Crippen LogP contribution in [-0.2, 0) is 79.9 Å². The molecule has 2 fully saturated rings. The van der Waals surface area contributed by atoms with Gasteiger partial charge in [-0.15, -0.1) is 0 Å². The average Bonchev–Trinajstić information content (AvgIpc) is 0.823. The molecule has 2 aliphatic rings. The first-order valence-electron chi connectivity index (χ1n) is 38.7. The monoisotopic (exact) mass is 1510 g/mol. The predicted molar refractivity (Wildman–Crippen MR) is 413 cm³/mol. The van der Waals surface area contributed by atoms with Gasteiger partial charge in [0.1, 0.15) is 61.0 Å². The van der Waals surface area contributed by atoms with Gasteiger partial charge in [0.25, 0.3) is 0 Å². The van der Waals surface area contributed by atoms with E-state index < -0.39 is 181 Å². The number of aliphatic hydroxyl groups excluding tert-OH is 1. The molecule has 2 aromatic carbocycles. The minimum absolute atomic E-state index is 0.0123. The molecule has 0 radical (unpaired) electrons. The second kappa shape index (κ2) is 44.3. The maximum absolute atomic E-state index is 15.4. The lowest BCUT2D eigenvalue weighted by molar-refractivity contribution is -0.151. The molecule has 28 heteroatoms. The maximum Gasteiger partial charge on any atom is 0.247 e. The number of aliphatic hydroxyl groups is 1. The third-order valence-electron chi connectivity index (χ3n) is 19.7. The number of Topliss-reactive ketones (excluding diaryl/α,β-unsaturated/α-hetero) is 1. The molecule has 2 saturated heterocycles. The summed E-state index contributed by atoms with van der Waals surface area (Å²) in [6.45, 7) is 23.1. The standard InChI is InChI=1S/C80H129N13O15/c1-20-21-37-93-47-69(98)88(16)64(42-52(6)7)72(100)85-61(48-108-49-68(97)86-80(12,13)14)76(104)89(17)62(36-35-56-31-25-22-26-32-56)78(106)87(15)54(10)71(99)83-60(77(105)92-38-29-24-30-39-92)45-67(96)82-58(40-50(2)3)74(102)91(19)65(43-53(8)9)73(101)84-59(44-57-33-27-23-28-34-57)75(103)90(18)63(41-51(4)5)66(95)46-81-70(55(11)94)79(93)107/h22-23,25-28,31-34,50-55,58-65,70,81,94H,20-21,24,29-30,35-49H2,1-19H3,(H,82,96)(H,83,99)(H,84,101)(H,85,100)(H,86,97)/t54-,55+,58+,59-,60-,61-,62-,63-,64-,65-,70-/m0/s1. The van der Waals surface area contributed by atoms with Crippen molar-refractivity contribution in [3.63, 3.8) is 0 Å². The van der Waals surface area contributed by atoms with E-state index in [9.17, 15) is 38.7 Å². The summed E-state index contributed by atoms with van der Waals surface area (Å²) >= 11 is 0. The topological polar surface area (TPSA) is 346 Å². The second-order valence-electron chi connectivity index (χ2n) is 32.2. The van der Waals surface area contributed by atoms with Crippen LogP contribution in [-0.4, -0.2) is 269 Å². The Labute approximate surface area is 641 Å². The van der Waals surface area contributed by atoms with Crippen LogP contribution in [0.25, 0.3) is 0 Å². The summed E-state index contributed by atoms with van der Waals surface area (Å²) in [5.41, 5.74) is 0.775. The number of aryl methyl sites for hydroxylation is 1. The molecular weight excluding hydrogens is 1380 g/mol. The van der Waals surface area contributed by atoms with Crippen LogP contribution in [0.1, 0.15) is 179 Å². The minimum Gasteiger partial charge on any atom is -0.391 e. The number of carbonyl (C=O) groups excluding carboxylic acids is 13. The molecule has 7 N–H and O–H groups in total. The van der Waals surface area contributed by atoms with Crippen LogP contribution in [0.4, 0.5) is 0 Å². The zero-order valence-corrected chi connectivity index (χ0v) is 67.9. The summed E-state index contributed by atoms with van der Waals surface area (Å²) in [4.78, 5) is 203. The van der Waals surface area contributed by atoms with Crippen molar-refractivity contribution in [1.82, 2.24) is 66.2 Å². The zero-order chi connectivity index (χ0) is 81.0. The summed E-state index contributed by atoms with van der Waals surface area (Å²) in [6.07, 6.45) is 1.51. The fourth-order valence-corrected chi connectivity index (χ4v) is 13.5. The fourth-order valence-electron chi connectivity index (χ4n) is 13.5. The van der Waals surface area contributed by atoms with Gasteiger partial charge in [0.2, 0.25) is 70.9 Å². The first kappa shape index (κ1) is 92.0. The molecule has 12 amide bonds. The number of piperidine rings is 1. The molecule has 28 nitrogen and oxygen atoms in total. The molecule has 604 valence electrons. The van der Waals surface area contributed by atoms with E-state index in [2.05, 4.69) is 31.9 Å². The van der Waals surface area contributed by atoms with Crippen molar-refractivity contribution in [3.8, 4) is 0 Å². The number of likely N-dealkylation sites (N-methyl/N-ethyl adjacent to an activating group) is 5. The van der Waals surface area contributed by atoms with Crippen LogP contribution in [0.5, 0.6) is 0 Å². The first-order chi connectivity index (χ1) is 50.7. The molecule has 0 bridgehead atoms. The molecule has 0 unspecified atom stereocenters. The Balaban J connectivity index is 1.99. The summed E-state index contributed by atoms with van der Waals surface area (Å²) in [5.74, 6) is -10.0. The minimum atomic E-state index is -1.63. The predicted octanol–water partition coefficient (Wildman–Crippen LogP) is 4.02. The Hall–Kier alpha value is -8.37. The molecule has 2 aliphatic heterocycles. The highest BCUT2D eigenvalue weighted by Crippen LogP contribution is 2.23. The number of benzene rings is 2. The summed E-state index contributed by atoms with van der Waals surface area (Å²) < 4.78 is 5.92. The van der Waals surface area contributed by atoms with Crippen molar-refractivity contribution in [3.05, 3.63) is 71.8 Å². The Morgan fingerprint density at radius 1 is 0.574 bits per heavy atom. The number of ketones is 1. The number of ether oxygens (including phenoxy) is 1. The molecule has 2 heterocycles. The van der Waals surface area contributed by atoms with Gasteiger partial charge in [0, 0.05) is 66.8 Å². The van der Waals surface area contributed by atoms with Gasteiger partial charge in [-0.2, -0.15) is 0 Å². The summed E-state index contributed by atoms with van der Waals surface area (Å²) in [7, 11) is 6.99. The maximum atomic E-state index is 15.4. The third-order valence-corrected chi connectivity index (χ3v) is 19.7. The Morgan fingerprint density at radius 3 is 1.61 bits per heavy atom. The van der Waals surface area contributed by atoms with Gasteiger partial charge in [0.05, 0.1) is 38.3 Å². The molecule has 108 heavy (non-hydrogen) atoms. The molecule has 0 aromatic heterocycles. The molecule has 0 aliphatic carbocycles.